The molecule has 3 aromatic carbocycles. The zero-order valence-corrected chi connectivity index (χ0v) is 40.4. The average molecular weight is 1060 g/mol. The van der Waals surface area contributed by atoms with Crippen molar-refractivity contribution in [1.82, 2.24) is 14.8 Å². The molecular formula is C41H42Br4Cl3MgN3O2. The first-order valence-corrected chi connectivity index (χ1v) is 21.6. The first-order chi connectivity index (χ1) is 24.8. The first-order valence-electron chi connectivity index (χ1n) is 17.7. The summed E-state index contributed by atoms with van der Waals surface area (Å²) < 4.78 is 3.60. The predicted molar refractivity (Wildman–Crippen MR) is 233 cm³/mol. The van der Waals surface area contributed by atoms with Crippen LogP contribution >= 0.6 is 86.9 Å². The number of rotatable bonds is 1. The van der Waals surface area contributed by atoms with E-state index in [4.69, 9.17) is 28.2 Å². The fourth-order valence-corrected chi connectivity index (χ4v) is 10.8. The fourth-order valence-electron chi connectivity index (χ4n) is 7.83. The Hall–Kier alpha value is -0.0838. The molecule has 2 aliphatic heterocycles. The van der Waals surface area contributed by atoms with Crippen LogP contribution < -0.4 is 12.4 Å². The van der Waals surface area contributed by atoms with Crippen LogP contribution in [0, 0.1) is 12.3 Å². The molecule has 3 heterocycles. The standard InChI is InChI=1S/C20H21Br2ClN2O.C15H9Br2ClO.C6H12N.ClH.Mg/c1-25-6-4-14(5-7-25)20(26)18-12(9-16(23)10-17(18)22)2-3-13-8-15(21)11-24-19(13)20;16-10-3-4-12-8(5-10)1-2-9-6-11(18)7-13(17)14(9)15(12)19;1-7-5-3-2-4-6-7;;/h8-11,14,26H,2-7H2,1H3;3-7H,1-2H2;2H,3-6H2,1H3;1H;/q;;-1;;+2/p-1. The number of piperidine rings is 2. The van der Waals surface area contributed by atoms with Crippen LogP contribution in [-0.2, 0) is 31.3 Å². The number of fused-ring (bicyclic) bond motifs is 4. The maximum Gasteiger partial charge on any atom is 2.00 e. The van der Waals surface area contributed by atoms with E-state index in [9.17, 15) is 9.90 Å². The van der Waals surface area contributed by atoms with Gasteiger partial charge in [-0.15, -0.1) is 0 Å². The Morgan fingerprint density at radius 3 is 1.96 bits per heavy atom. The van der Waals surface area contributed by atoms with E-state index in [1.807, 2.05) is 36.4 Å². The maximum absolute atomic E-state index is 12.7. The van der Waals surface area contributed by atoms with Crippen LogP contribution in [0.2, 0.25) is 10.0 Å². The zero-order valence-electron chi connectivity index (χ0n) is 30.4. The van der Waals surface area contributed by atoms with Crippen molar-refractivity contribution in [1.29, 1.82) is 0 Å². The van der Waals surface area contributed by atoms with E-state index in [-0.39, 0.29) is 47.2 Å². The monoisotopic (exact) mass is 1050 g/mol. The van der Waals surface area contributed by atoms with Gasteiger partial charge in [0.05, 0.1) is 5.69 Å². The fraction of sp³-hybridized carbons (Fsp3) is 0.390. The minimum atomic E-state index is -1.10. The van der Waals surface area contributed by atoms with E-state index >= 15 is 0 Å². The second-order valence-electron chi connectivity index (χ2n) is 14.1. The van der Waals surface area contributed by atoms with Crippen molar-refractivity contribution in [3.63, 3.8) is 0 Å². The van der Waals surface area contributed by atoms with Crippen molar-refractivity contribution in [3.8, 4) is 0 Å². The quantitative estimate of drug-likeness (QED) is 0.157. The van der Waals surface area contributed by atoms with Gasteiger partial charge in [-0.05, 0) is 181 Å². The number of ketones is 1. The Kier molecular flexibility index (Phi) is 17.9. The minimum absolute atomic E-state index is 0. The Bertz CT molecular complexity index is 1960. The van der Waals surface area contributed by atoms with E-state index in [0.717, 1.165) is 114 Å². The van der Waals surface area contributed by atoms with E-state index < -0.39 is 5.60 Å². The summed E-state index contributed by atoms with van der Waals surface area (Å²) in [5.41, 5.74) is 6.49. The molecule has 1 N–H and O–H groups in total. The number of nitrogens with zero attached hydrogens (tertiary/aromatic N) is 3. The number of aromatic nitrogens is 1. The van der Waals surface area contributed by atoms with Crippen LogP contribution in [0.3, 0.4) is 0 Å². The van der Waals surface area contributed by atoms with Crippen LogP contribution in [0.15, 0.2) is 72.6 Å². The van der Waals surface area contributed by atoms with Gasteiger partial charge in [0.25, 0.3) is 0 Å². The van der Waals surface area contributed by atoms with Crippen LogP contribution in [0.5, 0.6) is 0 Å². The zero-order chi connectivity index (χ0) is 37.2. The van der Waals surface area contributed by atoms with Gasteiger partial charge in [0.15, 0.2) is 5.78 Å². The molecule has 1 aromatic heterocycles. The summed E-state index contributed by atoms with van der Waals surface area (Å²) in [6, 6.07) is 15.5. The number of carbonyl (C=O) groups excluding carboxylic acids is 1. The summed E-state index contributed by atoms with van der Waals surface area (Å²) in [6.45, 7) is 4.50. The van der Waals surface area contributed by atoms with Gasteiger partial charge in [-0.1, -0.05) is 55.1 Å². The third kappa shape index (κ3) is 10.7. The molecule has 1 unspecified atom stereocenters. The Morgan fingerprint density at radius 1 is 0.759 bits per heavy atom. The number of likely N-dealkylation sites (tertiary alicyclic amines) is 2. The van der Waals surface area contributed by atoms with Crippen molar-refractivity contribution >= 4 is 116 Å². The van der Waals surface area contributed by atoms with E-state index in [1.165, 1.54) is 25.9 Å². The summed E-state index contributed by atoms with van der Waals surface area (Å²) >= 11 is 26.5. The van der Waals surface area contributed by atoms with Gasteiger partial charge in [0, 0.05) is 56.7 Å². The molecule has 8 rings (SSSR count). The molecule has 0 radical (unpaired) electrons. The van der Waals surface area contributed by atoms with Crippen LogP contribution in [0.1, 0.15) is 75.1 Å². The molecule has 2 aliphatic carbocycles. The van der Waals surface area contributed by atoms with Gasteiger partial charge >= 0.3 is 23.1 Å². The van der Waals surface area contributed by atoms with Gasteiger partial charge in [0.2, 0.25) is 0 Å². The third-order valence-corrected chi connectivity index (χ3v) is 13.2. The number of aliphatic hydroxyl groups is 1. The number of carbonyl (C=O) groups is 1. The predicted octanol–water partition coefficient (Wildman–Crippen LogP) is 7.67. The van der Waals surface area contributed by atoms with Crippen molar-refractivity contribution in [2.24, 2.45) is 5.92 Å². The van der Waals surface area contributed by atoms with Crippen LogP contribution in [0.25, 0.3) is 0 Å². The summed E-state index contributed by atoms with van der Waals surface area (Å²) in [5, 5.41) is 13.6. The molecule has 0 spiro atoms. The molecule has 2 saturated heterocycles. The molecule has 13 heteroatoms. The summed E-state index contributed by atoms with van der Waals surface area (Å²) in [4.78, 5) is 22.1. The topological polar surface area (TPSA) is 56.7 Å². The smallest absolute Gasteiger partial charge is 1.00 e. The molecule has 0 amide bonds. The molecule has 284 valence electrons. The van der Waals surface area contributed by atoms with Gasteiger partial charge in [-0.25, -0.2) is 0 Å². The van der Waals surface area contributed by atoms with Crippen LogP contribution in [0.4, 0.5) is 0 Å². The number of halogens is 7. The van der Waals surface area contributed by atoms with E-state index in [1.54, 1.807) is 12.3 Å². The Morgan fingerprint density at radius 2 is 1.31 bits per heavy atom. The molecule has 4 aliphatic rings. The molecule has 0 bridgehead atoms. The molecule has 54 heavy (non-hydrogen) atoms. The molecule has 5 nitrogen and oxygen atoms in total. The molecule has 2 fully saturated rings. The molecule has 0 saturated carbocycles. The largest absolute Gasteiger partial charge is 2.00 e. The van der Waals surface area contributed by atoms with E-state index in [0.29, 0.717) is 10.0 Å². The summed E-state index contributed by atoms with van der Waals surface area (Å²) in [6.07, 6.45) is 12.0. The summed E-state index contributed by atoms with van der Waals surface area (Å²) in [7, 11) is 4.31. The van der Waals surface area contributed by atoms with Gasteiger partial charge < -0.3 is 33.7 Å². The van der Waals surface area contributed by atoms with Gasteiger partial charge in [-0.2, -0.15) is 12.8 Å². The number of pyridine rings is 1. The summed E-state index contributed by atoms with van der Waals surface area (Å²) in [5.74, 6) is 0.194. The first kappa shape index (κ1) is 46.6. The second kappa shape index (κ2) is 20.7. The van der Waals surface area contributed by atoms with Crippen molar-refractivity contribution in [2.45, 2.75) is 57.0 Å². The van der Waals surface area contributed by atoms with Crippen molar-refractivity contribution < 1.29 is 22.3 Å². The SMILES string of the molecule is CN1CCC(C2(O)c3ncc(Br)cc3CCc3cc(Cl)cc(Br)c32)CC1.CN1CC[CH-]CC1.O=C1c2ccc(Br)cc2CCc2cc(Cl)cc(Br)c21.[Cl-].[Mg+2]. The van der Waals surface area contributed by atoms with Gasteiger partial charge in [0.1, 0.15) is 5.60 Å². The minimum Gasteiger partial charge on any atom is -1.00 e. The Balaban J connectivity index is 0.000000203. The third-order valence-electron chi connectivity index (χ3n) is 10.6. The normalized spacial score (nSPS) is 19.7. The van der Waals surface area contributed by atoms with E-state index in [2.05, 4.69) is 100 Å². The molecule has 4 aromatic rings. The maximum atomic E-state index is 12.7. The number of benzene rings is 3. The van der Waals surface area contributed by atoms with Crippen molar-refractivity contribution in [2.75, 3.05) is 40.3 Å². The average Bonchev–Trinajstić information content (AvgIpc) is 3.31. The van der Waals surface area contributed by atoms with Crippen LogP contribution in [-0.4, -0.2) is 89.0 Å². The molecular weight excluding hydrogens is 1020 g/mol. The molecule has 1 atom stereocenters. The van der Waals surface area contributed by atoms with Gasteiger partial charge in [-0.3, -0.25) is 9.78 Å². The number of hydrogen-bond donors (Lipinski definition) is 1. The number of aryl methyl sites for hydroxylation is 4. The Labute approximate surface area is 385 Å². The second-order valence-corrected chi connectivity index (χ2v) is 18.6. The number of hydrogen-bond acceptors (Lipinski definition) is 5. The van der Waals surface area contributed by atoms with Crippen molar-refractivity contribution in [3.05, 3.63) is 134 Å².